The zero-order chi connectivity index (χ0) is 11.2. The van der Waals surface area contributed by atoms with Crippen molar-refractivity contribution in [3.63, 3.8) is 0 Å². The lowest BCUT2D eigenvalue weighted by atomic mass is 10.1. The third kappa shape index (κ3) is 3.22. The van der Waals surface area contributed by atoms with Crippen molar-refractivity contribution in [3.8, 4) is 0 Å². The molecule has 2 heterocycles. The van der Waals surface area contributed by atoms with Gasteiger partial charge in [-0.2, -0.15) is 16.7 Å². The van der Waals surface area contributed by atoms with E-state index in [-0.39, 0.29) is 6.04 Å². The molecule has 1 fully saturated rings. The normalized spacial score (nSPS) is 21.9. The molecule has 1 N–H and O–H groups in total. The Morgan fingerprint density at radius 1 is 1.44 bits per heavy atom. The second-order valence-electron chi connectivity index (χ2n) is 4.04. The minimum Gasteiger partial charge on any atom is -0.338 e. The van der Waals surface area contributed by atoms with Crippen LogP contribution in [0.25, 0.3) is 0 Å². The minimum atomic E-state index is 0.273. The Balaban J connectivity index is 1.94. The molecule has 0 bridgehead atoms. The molecule has 5 heteroatoms. The second-order valence-corrected chi connectivity index (χ2v) is 5.32. The van der Waals surface area contributed by atoms with Gasteiger partial charge in [0.2, 0.25) is 5.89 Å². The Hall–Kier alpha value is -0.550. The highest BCUT2D eigenvalue weighted by Crippen LogP contribution is 2.21. The highest BCUT2D eigenvalue weighted by Gasteiger charge is 2.19. The van der Waals surface area contributed by atoms with E-state index in [2.05, 4.69) is 22.4 Å². The van der Waals surface area contributed by atoms with E-state index in [0.717, 1.165) is 36.2 Å². The van der Waals surface area contributed by atoms with Crippen LogP contribution in [-0.4, -0.2) is 22.4 Å². The summed E-state index contributed by atoms with van der Waals surface area (Å²) in [6.45, 7) is 3.20. The number of rotatable bonds is 4. The fourth-order valence-corrected chi connectivity index (χ4v) is 2.40. The molecule has 1 aromatic rings. The predicted molar refractivity (Wildman–Crippen MR) is 65.3 cm³/mol. The van der Waals surface area contributed by atoms with Crippen molar-refractivity contribution >= 4 is 11.8 Å². The van der Waals surface area contributed by atoms with E-state index in [0.29, 0.717) is 0 Å². The summed E-state index contributed by atoms with van der Waals surface area (Å²) in [6.07, 6.45) is 4.92. The van der Waals surface area contributed by atoms with Crippen LogP contribution >= 0.6 is 11.8 Å². The van der Waals surface area contributed by atoms with E-state index in [4.69, 9.17) is 4.52 Å². The monoisotopic (exact) mass is 241 g/mol. The van der Waals surface area contributed by atoms with Gasteiger partial charge < -0.3 is 9.84 Å². The van der Waals surface area contributed by atoms with Gasteiger partial charge in [0.05, 0.1) is 11.8 Å². The van der Waals surface area contributed by atoms with Crippen molar-refractivity contribution in [2.75, 3.05) is 12.3 Å². The summed E-state index contributed by atoms with van der Waals surface area (Å²) in [7, 11) is 0. The molecule has 0 aliphatic carbocycles. The first kappa shape index (κ1) is 11.9. The average Bonchev–Trinajstić information content (AvgIpc) is 2.60. The van der Waals surface area contributed by atoms with Crippen molar-refractivity contribution < 1.29 is 4.52 Å². The number of hydrogen-bond acceptors (Lipinski definition) is 5. The lowest BCUT2D eigenvalue weighted by Crippen LogP contribution is -2.20. The molecule has 2 rings (SSSR count). The van der Waals surface area contributed by atoms with Gasteiger partial charge >= 0.3 is 0 Å². The Kier molecular flexibility index (Phi) is 4.66. The van der Waals surface area contributed by atoms with Crippen LogP contribution in [0, 0.1) is 0 Å². The highest BCUT2D eigenvalue weighted by molar-refractivity contribution is 7.98. The van der Waals surface area contributed by atoms with Crippen molar-refractivity contribution in [2.45, 2.75) is 44.4 Å². The Morgan fingerprint density at radius 3 is 3.25 bits per heavy atom. The van der Waals surface area contributed by atoms with Crippen LogP contribution in [-0.2, 0) is 5.75 Å². The smallest absolute Gasteiger partial charge is 0.243 e. The van der Waals surface area contributed by atoms with Gasteiger partial charge in [-0.05, 0) is 25.1 Å². The van der Waals surface area contributed by atoms with Crippen LogP contribution in [0.3, 0.4) is 0 Å². The Labute approximate surface area is 101 Å². The quantitative estimate of drug-likeness (QED) is 0.878. The maximum absolute atomic E-state index is 5.32. The molecule has 16 heavy (non-hydrogen) atoms. The van der Waals surface area contributed by atoms with Crippen LogP contribution in [0.15, 0.2) is 4.52 Å². The highest BCUT2D eigenvalue weighted by atomic mass is 32.2. The molecule has 0 saturated carbocycles. The minimum absolute atomic E-state index is 0.273. The van der Waals surface area contributed by atoms with Gasteiger partial charge in [0.1, 0.15) is 0 Å². The molecule has 1 aliphatic rings. The van der Waals surface area contributed by atoms with Gasteiger partial charge in [0, 0.05) is 0 Å². The van der Waals surface area contributed by atoms with E-state index >= 15 is 0 Å². The zero-order valence-corrected chi connectivity index (χ0v) is 10.6. The van der Waals surface area contributed by atoms with Crippen molar-refractivity contribution in [3.05, 3.63) is 11.7 Å². The van der Waals surface area contributed by atoms with E-state index < -0.39 is 0 Å². The van der Waals surface area contributed by atoms with Gasteiger partial charge in [0.25, 0.3) is 0 Å². The standard InChI is InChI=1S/C11H19N3OS/c1-2-16-8-10-13-11(15-14-10)9-6-4-3-5-7-12-9/h9,12H,2-8H2,1H3. The summed E-state index contributed by atoms with van der Waals surface area (Å²) in [5.41, 5.74) is 0. The fraction of sp³-hybridized carbons (Fsp3) is 0.818. The van der Waals surface area contributed by atoms with Crippen molar-refractivity contribution in [2.24, 2.45) is 0 Å². The van der Waals surface area contributed by atoms with Crippen LogP contribution in [0.1, 0.15) is 50.4 Å². The summed E-state index contributed by atoms with van der Waals surface area (Å²) in [5, 5.41) is 7.48. The zero-order valence-electron chi connectivity index (χ0n) is 9.74. The molecule has 1 saturated heterocycles. The van der Waals surface area contributed by atoms with Gasteiger partial charge in [-0.25, -0.2) is 0 Å². The summed E-state index contributed by atoms with van der Waals surface area (Å²) in [6, 6.07) is 0.273. The van der Waals surface area contributed by atoms with E-state index in [1.54, 1.807) is 0 Å². The van der Waals surface area contributed by atoms with Crippen LogP contribution < -0.4 is 5.32 Å². The second kappa shape index (κ2) is 6.25. The number of aromatic nitrogens is 2. The lowest BCUT2D eigenvalue weighted by molar-refractivity contribution is 0.325. The van der Waals surface area contributed by atoms with Crippen LogP contribution in [0.5, 0.6) is 0 Å². The number of thioether (sulfide) groups is 1. The number of nitrogens with zero attached hydrogens (tertiary/aromatic N) is 2. The molecule has 1 atom stereocenters. The van der Waals surface area contributed by atoms with Crippen molar-refractivity contribution in [1.29, 1.82) is 0 Å². The van der Waals surface area contributed by atoms with E-state index in [1.807, 2.05) is 11.8 Å². The maximum atomic E-state index is 5.32. The molecular weight excluding hydrogens is 222 g/mol. The topological polar surface area (TPSA) is 51.0 Å². The first-order valence-corrected chi connectivity index (χ1v) is 7.19. The molecule has 0 aromatic carbocycles. The molecule has 90 valence electrons. The summed E-state index contributed by atoms with van der Waals surface area (Å²) in [5.74, 6) is 3.54. The molecular formula is C11H19N3OS. The van der Waals surface area contributed by atoms with Gasteiger partial charge in [0.15, 0.2) is 5.82 Å². The van der Waals surface area contributed by atoms with Gasteiger partial charge in [-0.15, -0.1) is 0 Å². The van der Waals surface area contributed by atoms with E-state index in [9.17, 15) is 0 Å². The lowest BCUT2D eigenvalue weighted by Gasteiger charge is -2.09. The maximum Gasteiger partial charge on any atom is 0.243 e. The summed E-state index contributed by atoms with van der Waals surface area (Å²) in [4.78, 5) is 4.45. The van der Waals surface area contributed by atoms with Gasteiger partial charge in [-0.3, -0.25) is 0 Å². The number of nitrogens with one attached hydrogen (secondary N) is 1. The first-order valence-electron chi connectivity index (χ1n) is 6.03. The Bertz CT molecular complexity index is 308. The van der Waals surface area contributed by atoms with Crippen LogP contribution in [0.2, 0.25) is 0 Å². The molecule has 1 aromatic heterocycles. The largest absolute Gasteiger partial charge is 0.338 e. The third-order valence-corrected chi connectivity index (χ3v) is 3.65. The molecule has 0 amide bonds. The molecule has 0 radical (unpaired) electrons. The van der Waals surface area contributed by atoms with Gasteiger partial charge in [-0.1, -0.05) is 24.9 Å². The third-order valence-electron chi connectivity index (χ3n) is 2.78. The van der Waals surface area contributed by atoms with Crippen LogP contribution in [0.4, 0.5) is 0 Å². The van der Waals surface area contributed by atoms with E-state index in [1.165, 1.54) is 19.3 Å². The molecule has 4 nitrogen and oxygen atoms in total. The molecule has 1 aliphatic heterocycles. The molecule has 1 unspecified atom stereocenters. The Morgan fingerprint density at radius 2 is 2.38 bits per heavy atom. The SMILES string of the molecule is CCSCc1noc(C2CCCCCN2)n1. The average molecular weight is 241 g/mol. The molecule has 0 spiro atoms. The summed E-state index contributed by atoms with van der Waals surface area (Å²) >= 11 is 1.82. The number of hydrogen-bond donors (Lipinski definition) is 1. The van der Waals surface area contributed by atoms with Crippen molar-refractivity contribution in [1.82, 2.24) is 15.5 Å². The predicted octanol–water partition coefficient (Wildman–Crippen LogP) is 2.53. The first-order chi connectivity index (χ1) is 7.90. The summed E-state index contributed by atoms with van der Waals surface area (Å²) < 4.78 is 5.32. The fourth-order valence-electron chi connectivity index (χ4n) is 1.90.